The van der Waals surface area contributed by atoms with Gasteiger partial charge in [-0.3, -0.25) is 9.59 Å². The molecular formula is C21H18FN5O2S. The maximum absolute atomic E-state index is 13.6. The van der Waals surface area contributed by atoms with E-state index in [-0.39, 0.29) is 23.6 Å². The molecule has 3 rings (SSSR count). The van der Waals surface area contributed by atoms with Gasteiger partial charge in [0.15, 0.2) is 10.9 Å². The van der Waals surface area contributed by atoms with E-state index >= 15 is 0 Å². The number of halogens is 1. The average Bonchev–Trinajstić information content (AvgIpc) is 3.11. The monoisotopic (exact) mass is 423 g/mol. The Balaban J connectivity index is 1.51. The van der Waals surface area contributed by atoms with Crippen LogP contribution in [0.3, 0.4) is 0 Å². The highest BCUT2D eigenvalue weighted by Crippen LogP contribution is 2.18. The number of nitrogens with one attached hydrogen (secondary N) is 1. The number of amides is 1. The molecule has 1 heterocycles. The van der Waals surface area contributed by atoms with Crippen LogP contribution >= 0.6 is 11.8 Å². The van der Waals surface area contributed by atoms with Crippen molar-refractivity contribution in [1.29, 1.82) is 5.26 Å². The predicted octanol–water partition coefficient (Wildman–Crippen LogP) is 2.77. The van der Waals surface area contributed by atoms with Crippen molar-refractivity contribution in [1.82, 2.24) is 20.1 Å². The Morgan fingerprint density at radius 1 is 1.17 bits per heavy atom. The van der Waals surface area contributed by atoms with Gasteiger partial charge in [0.25, 0.3) is 5.91 Å². The number of ketones is 1. The van der Waals surface area contributed by atoms with Crippen LogP contribution in [-0.2, 0) is 13.5 Å². The topological polar surface area (TPSA) is 101 Å². The molecule has 0 saturated carbocycles. The number of hydrogen-bond donors (Lipinski definition) is 1. The van der Waals surface area contributed by atoms with Gasteiger partial charge in [-0.25, -0.2) is 4.39 Å². The third kappa shape index (κ3) is 5.10. The van der Waals surface area contributed by atoms with Crippen molar-refractivity contribution >= 4 is 23.5 Å². The van der Waals surface area contributed by atoms with Crippen molar-refractivity contribution in [2.75, 3.05) is 12.3 Å². The number of Topliss-reactive ketones (excluding diaryl/α,β-unsaturated/α-hetero) is 1. The lowest BCUT2D eigenvalue weighted by Crippen LogP contribution is -2.27. The lowest BCUT2D eigenvalue weighted by Gasteiger charge is -2.06. The number of aromatic nitrogens is 3. The second-order valence-corrected chi connectivity index (χ2v) is 7.29. The molecule has 1 aromatic heterocycles. The molecule has 0 atom stereocenters. The molecule has 30 heavy (non-hydrogen) atoms. The van der Waals surface area contributed by atoms with E-state index in [0.717, 1.165) is 0 Å². The molecule has 0 aliphatic heterocycles. The van der Waals surface area contributed by atoms with Crippen molar-refractivity contribution in [2.24, 2.45) is 7.05 Å². The van der Waals surface area contributed by atoms with E-state index in [2.05, 4.69) is 15.5 Å². The van der Waals surface area contributed by atoms with Gasteiger partial charge in [0.1, 0.15) is 11.6 Å². The van der Waals surface area contributed by atoms with E-state index in [4.69, 9.17) is 5.26 Å². The lowest BCUT2D eigenvalue weighted by atomic mass is 10.1. The summed E-state index contributed by atoms with van der Waals surface area (Å²) in [6.45, 7) is 0.272. The first-order chi connectivity index (χ1) is 14.5. The zero-order chi connectivity index (χ0) is 21.5. The lowest BCUT2D eigenvalue weighted by molar-refractivity contribution is 0.0949. The molecule has 0 aliphatic carbocycles. The normalized spacial score (nSPS) is 10.4. The second kappa shape index (κ2) is 9.80. The maximum Gasteiger partial charge on any atom is 0.254 e. The van der Waals surface area contributed by atoms with Crippen molar-refractivity contribution in [3.63, 3.8) is 0 Å². The molecule has 1 amide bonds. The van der Waals surface area contributed by atoms with Gasteiger partial charge in [-0.15, -0.1) is 10.2 Å². The van der Waals surface area contributed by atoms with Crippen LogP contribution in [0, 0.1) is 17.1 Å². The van der Waals surface area contributed by atoms with Crippen LogP contribution in [0.4, 0.5) is 4.39 Å². The van der Waals surface area contributed by atoms with E-state index in [1.165, 1.54) is 30.0 Å². The smallest absolute Gasteiger partial charge is 0.254 e. The quantitative estimate of drug-likeness (QED) is 0.442. The fraction of sp³-hybridized carbons (Fsp3) is 0.190. The van der Waals surface area contributed by atoms with Gasteiger partial charge >= 0.3 is 0 Å². The molecule has 1 N–H and O–H groups in total. The van der Waals surface area contributed by atoms with Crippen LogP contribution in [0.2, 0.25) is 0 Å². The summed E-state index contributed by atoms with van der Waals surface area (Å²) in [7, 11) is 1.78. The van der Waals surface area contributed by atoms with E-state index in [9.17, 15) is 14.0 Å². The fourth-order valence-electron chi connectivity index (χ4n) is 2.66. The standard InChI is InChI=1S/C21H18FN5O2S/c1-27-19(10-11-24-20(29)16-4-2-3-5-17(16)22)25-26-21(27)30-13-18(28)15-8-6-14(12-23)7-9-15/h2-9H,10-11,13H2,1H3,(H,24,29). The van der Waals surface area contributed by atoms with E-state index in [1.54, 1.807) is 41.9 Å². The van der Waals surface area contributed by atoms with Crippen LogP contribution in [0.5, 0.6) is 0 Å². The minimum absolute atomic E-state index is 0.00646. The highest BCUT2D eigenvalue weighted by molar-refractivity contribution is 7.99. The Labute approximate surface area is 176 Å². The summed E-state index contributed by atoms with van der Waals surface area (Å²) in [5, 5.41) is 20.2. The number of nitrogens with zero attached hydrogens (tertiary/aromatic N) is 4. The van der Waals surface area contributed by atoms with E-state index in [1.807, 2.05) is 6.07 Å². The fourth-order valence-corrected chi connectivity index (χ4v) is 3.49. The third-order valence-electron chi connectivity index (χ3n) is 4.35. The number of thioether (sulfide) groups is 1. The summed E-state index contributed by atoms with van der Waals surface area (Å²) in [4.78, 5) is 24.4. The molecule has 7 nitrogen and oxygen atoms in total. The van der Waals surface area contributed by atoms with Gasteiger partial charge in [-0.05, 0) is 24.3 Å². The predicted molar refractivity (Wildman–Crippen MR) is 110 cm³/mol. The first-order valence-corrected chi connectivity index (χ1v) is 10.1. The summed E-state index contributed by atoms with van der Waals surface area (Å²) in [6.07, 6.45) is 0.411. The molecule has 2 aromatic carbocycles. The Morgan fingerprint density at radius 2 is 1.90 bits per heavy atom. The Hall–Kier alpha value is -3.51. The van der Waals surface area contributed by atoms with Gasteiger partial charge < -0.3 is 9.88 Å². The molecule has 152 valence electrons. The number of rotatable bonds is 8. The number of hydrogen-bond acceptors (Lipinski definition) is 6. The first kappa shape index (κ1) is 21.2. The number of carbonyl (C=O) groups is 2. The maximum atomic E-state index is 13.6. The molecule has 0 bridgehead atoms. The van der Waals surface area contributed by atoms with Crippen LogP contribution in [0.1, 0.15) is 32.1 Å². The molecule has 0 saturated heterocycles. The average molecular weight is 423 g/mol. The van der Waals surface area contributed by atoms with Crippen LogP contribution < -0.4 is 5.32 Å². The Bertz CT molecular complexity index is 1110. The van der Waals surface area contributed by atoms with Crippen molar-refractivity contribution in [3.05, 3.63) is 76.9 Å². The first-order valence-electron chi connectivity index (χ1n) is 9.06. The summed E-state index contributed by atoms with van der Waals surface area (Å²) < 4.78 is 15.4. The van der Waals surface area contributed by atoms with Gasteiger partial charge in [0.05, 0.1) is 22.9 Å². The third-order valence-corrected chi connectivity index (χ3v) is 5.37. The van der Waals surface area contributed by atoms with Crippen LogP contribution in [0.25, 0.3) is 0 Å². The molecule has 0 aliphatic rings. The molecule has 9 heteroatoms. The molecule has 0 unspecified atom stereocenters. The van der Waals surface area contributed by atoms with Crippen molar-refractivity contribution < 1.29 is 14.0 Å². The van der Waals surface area contributed by atoms with Crippen LogP contribution in [-0.4, -0.2) is 38.8 Å². The molecule has 0 radical (unpaired) electrons. The molecule has 3 aromatic rings. The van der Waals surface area contributed by atoms with Crippen LogP contribution in [0.15, 0.2) is 53.7 Å². The van der Waals surface area contributed by atoms with Crippen molar-refractivity contribution in [2.45, 2.75) is 11.6 Å². The van der Waals surface area contributed by atoms with Crippen molar-refractivity contribution in [3.8, 4) is 6.07 Å². The molecular weight excluding hydrogens is 405 g/mol. The SMILES string of the molecule is Cn1c(CCNC(=O)c2ccccc2F)nnc1SCC(=O)c1ccc(C#N)cc1. The molecule has 0 fully saturated rings. The summed E-state index contributed by atoms with van der Waals surface area (Å²) in [5.41, 5.74) is 1.02. The van der Waals surface area contributed by atoms with Gasteiger partial charge in [-0.1, -0.05) is 36.0 Å². The van der Waals surface area contributed by atoms with E-state index < -0.39 is 11.7 Å². The van der Waals surface area contributed by atoms with Gasteiger partial charge in [0.2, 0.25) is 0 Å². The highest BCUT2D eigenvalue weighted by atomic mass is 32.2. The minimum atomic E-state index is -0.570. The number of carbonyl (C=O) groups excluding carboxylic acids is 2. The summed E-state index contributed by atoms with van der Waals surface area (Å²) >= 11 is 1.26. The largest absolute Gasteiger partial charge is 0.351 e. The second-order valence-electron chi connectivity index (χ2n) is 6.34. The number of benzene rings is 2. The Kier molecular flexibility index (Phi) is 6.93. The summed E-state index contributed by atoms with van der Waals surface area (Å²) in [6, 6.07) is 14.3. The van der Waals surface area contributed by atoms with Gasteiger partial charge in [-0.2, -0.15) is 5.26 Å². The number of nitriles is 1. The van der Waals surface area contributed by atoms with E-state index in [0.29, 0.717) is 28.5 Å². The Morgan fingerprint density at radius 3 is 2.60 bits per heavy atom. The van der Waals surface area contributed by atoms with Gasteiger partial charge in [0, 0.05) is 25.6 Å². The zero-order valence-electron chi connectivity index (χ0n) is 16.1. The summed E-state index contributed by atoms with van der Waals surface area (Å²) in [5.74, 6) is -0.317. The minimum Gasteiger partial charge on any atom is -0.351 e. The highest BCUT2D eigenvalue weighted by Gasteiger charge is 2.14. The molecule has 0 spiro atoms. The zero-order valence-corrected chi connectivity index (χ0v) is 16.9.